The highest BCUT2D eigenvalue weighted by Gasteiger charge is 2.14. The Morgan fingerprint density at radius 3 is 1.97 bits per heavy atom. The maximum Gasteiger partial charge on any atom is 0.252 e. The minimum atomic E-state index is -0.104. The van der Waals surface area contributed by atoms with Crippen LogP contribution in [0, 0.1) is 0 Å². The Morgan fingerprint density at radius 1 is 0.868 bits per heavy atom. The zero-order valence-electron chi connectivity index (χ0n) is 23.6. The molecule has 5 heteroatoms. The van der Waals surface area contributed by atoms with Gasteiger partial charge < -0.3 is 10.6 Å². The van der Waals surface area contributed by atoms with Gasteiger partial charge in [0.15, 0.2) is 0 Å². The molecule has 1 aromatic heterocycles. The van der Waals surface area contributed by atoms with E-state index < -0.39 is 0 Å². The number of aromatic nitrogens is 1. The summed E-state index contributed by atoms with van der Waals surface area (Å²) in [4.78, 5) is 26.6. The zero-order valence-corrected chi connectivity index (χ0v) is 23.6. The van der Waals surface area contributed by atoms with Gasteiger partial charge >= 0.3 is 0 Å². The van der Waals surface area contributed by atoms with Crippen molar-refractivity contribution in [1.29, 1.82) is 0 Å². The number of rotatable bonds is 15. The topological polar surface area (TPSA) is 71.1 Å². The van der Waals surface area contributed by atoms with E-state index in [0.29, 0.717) is 18.0 Å². The number of pyridine rings is 1. The predicted octanol–water partition coefficient (Wildman–Crippen LogP) is 7.80. The highest BCUT2D eigenvalue weighted by molar-refractivity contribution is 5.93. The van der Waals surface area contributed by atoms with Crippen LogP contribution < -0.4 is 10.6 Å². The van der Waals surface area contributed by atoms with E-state index in [9.17, 15) is 9.59 Å². The second kappa shape index (κ2) is 24.1. The van der Waals surface area contributed by atoms with Crippen molar-refractivity contribution in [1.82, 2.24) is 15.6 Å². The van der Waals surface area contributed by atoms with E-state index in [-0.39, 0.29) is 11.8 Å². The maximum absolute atomic E-state index is 11.9. The number of nitrogens with one attached hydrogen (secondary N) is 2. The fraction of sp³-hybridized carbons (Fsp3) is 0.485. The molecular weight excluding hydrogens is 470 g/mol. The van der Waals surface area contributed by atoms with Crippen LogP contribution in [0.25, 0.3) is 0 Å². The third-order valence-electron chi connectivity index (χ3n) is 6.05. The van der Waals surface area contributed by atoms with Crippen LogP contribution in [0.1, 0.15) is 101 Å². The molecule has 2 rings (SSSR count). The number of carbonyl (C=O) groups excluding carboxylic acids is 2. The van der Waals surface area contributed by atoms with Crippen LogP contribution in [0.2, 0.25) is 0 Å². The van der Waals surface area contributed by atoms with Crippen molar-refractivity contribution in [2.75, 3.05) is 7.05 Å². The van der Waals surface area contributed by atoms with Gasteiger partial charge in [-0.1, -0.05) is 86.9 Å². The first-order chi connectivity index (χ1) is 18.7. The number of nitrogens with zero attached hydrogens (tertiary/aromatic N) is 1. The molecule has 5 nitrogen and oxygen atoms in total. The summed E-state index contributed by atoms with van der Waals surface area (Å²) in [6.07, 6.45) is 39.2. The van der Waals surface area contributed by atoms with Gasteiger partial charge in [0, 0.05) is 31.9 Å². The number of hydrogen-bond donors (Lipinski definition) is 2. The van der Waals surface area contributed by atoms with Crippen LogP contribution in [0.3, 0.4) is 0 Å². The average molecular weight is 520 g/mol. The Labute approximate surface area is 231 Å². The molecule has 0 saturated heterocycles. The van der Waals surface area contributed by atoms with E-state index in [1.54, 1.807) is 25.4 Å². The van der Waals surface area contributed by atoms with Crippen molar-refractivity contribution in [3.63, 3.8) is 0 Å². The molecule has 0 bridgehead atoms. The van der Waals surface area contributed by atoms with E-state index in [4.69, 9.17) is 0 Å². The number of unbranched alkanes of at least 4 members (excludes halogenated alkanes) is 1. The predicted molar refractivity (Wildman–Crippen MR) is 161 cm³/mol. The molecule has 1 aliphatic carbocycles. The number of allylic oxidation sites excluding steroid dienone is 10. The third kappa shape index (κ3) is 19.0. The molecule has 1 aliphatic rings. The van der Waals surface area contributed by atoms with E-state index >= 15 is 0 Å². The van der Waals surface area contributed by atoms with Crippen LogP contribution in [-0.2, 0) is 4.79 Å². The molecule has 0 atom stereocenters. The monoisotopic (exact) mass is 519 g/mol. The summed E-state index contributed by atoms with van der Waals surface area (Å²) in [5, 5.41) is 5.69. The molecule has 0 aromatic carbocycles. The van der Waals surface area contributed by atoms with Crippen LogP contribution in [0.5, 0.6) is 0 Å². The first-order valence-electron chi connectivity index (χ1n) is 14.3. The summed E-state index contributed by atoms with van der Waals surface area (Å²) in [6.45, 7) is 2.16. The van der Waals surface area contributed by atoms with Gasteiger partial charge in [-0.2, -0.15) is 0 Å². The summed E-state index contributed by atoms with van der Waals surface area (Å²) in [6, 6.07) is 3.88. The Balaban J connectivity index is 0.000000600. The molecule has 2 amide bonds. The third-order valence-corrected chi connectivity index (χ3v) is 6.05. The zero-order chi connectivity index (χ0) is 27.5. The molecule has 0 spiro atoms. The van der Waals surface area contributed by atoms with Crippen LogP contribution in [0.15, 0.2) is 85.3 Å². The van der Waals surface area contributed by atoms with Gasteiger partial charge in [-0.15, -0.1) is 0 Å². The number of hydrogen-bond acceptors (Lipinski definition) is 3. The molecule has 0 aliphatic heterocycles. The lowest BCUT2D eigenvalue weighted by Crippen LogP contribution is -2.35. The van der Waals surface area contributed by atoms with Crippen molar-refractivity contribution in [3.8, 4) is 0 Å². The van der Waals surface area contributed by atoms with E-state index in [0.717, 1.165) is 44.9 Å². The molecule has 2 N–H and O–H groups in total. The van der Waals surface area contributed by atoms with Gasteiger partial charge in [0.1, 0.15) is 0 Å². The second-order valence-electron chi connectivity index (χ2n) is 9.32. The van der Waals surface area contributed by atoms with E-state index in [2.05, 4.69) is 83.3 Å². The largest absolute Gasteiger partial charge is 0.355 e. The number of carbonyl (C=O) groups is 2. The Bertz CT molecular complexity index is 879. The summed E-state index contributed by atoms with van der Waals surface area (Å²) < 4.78 is 0. The van der Waals surface area contributed by atoms with Gasteiger partial charge in [-0.25, -0.2) is 0 Å². The summed E-state index contributed by atoms with van der Waals surface area (Å²) in [7, 11) is 1.59. The van der Waals surface area contributed by atoms with Crippen molar-refractivity contribution in [3.05, 3.63) is 90.9 Å². The Hall–Kier alpha value is -3.21. The lowest BCUT2D eigenvalue weighted by atomic mass is 9.95. The van der Waals surface area contributed by atoms with Gasteiger partial charge in [0.05, 0.1) is 5.56 Å². The van der Waals surface area contributed by atoms with Crippen molar-refractivity contribution >= 4 is 11.8 Å². The van der Waals surface area contributed by atoms with Crippen LogP contribution in [-0.4, -0.2) is 29.9 Å². The quantitative estimate of drug-likeness (QED) is 0.183. The van der Waals surface area contributed by atoms with Gasteiger partial charge in [-0.05, 0) is 69.9 Å². The molecule has 38 heavy (non-hydrogen) atoms. The molecule has 1 aromatic rings. The van der Waals surface area contributed by atoms with Crippen molar-refractivity contribution < 1.29 is 9.59 Å². The van der Waals surface area contributed by atoms with E-state index in [1.807, 2.05) is 0 Å². The molecule has 0 unspecified atom stereocenters. The van der Waals surface area contributed by atoms with Crippen LogP contribution >= 0.6 is 0 Å². The SMILES string of the molecule is CC/C=C\C/C=C\C/C=C\C/C=C\C/C=C\CCCC(=O)NC1CCCCC1.CNC(=O)c1cccnc1. The maximum atomic E-state index is 11.9. The fourth-order valence-electron chi connectivity index (χ4n) is 3.94. The lowest BCUT2D eigenvalue weighted by Gasteiger charge is -2.22. The summed E-state index contributed by atoms with van der Waals surface area (Å²) in [5.41, 5.74) is 0.588. The Kier molecular flexibility index (Phi) is 20.9. The highest BCUT2D eigenvalue weighted by atomic mass is 16.2. The normalized spacial score (nSPS) is 14.5. The van der Waals surface area contributed by atoms with E-state index in [1.165, 1.54) is 38.3 Å². The van der Waals surface area contributed by atoms with Crippen molar-refractivity contribution in [2.24, 2.45) is 0 Å². The fourth-order valence-corrected chi connectivity index (χ4v) is 3.94. The standard InChI is InChI=1S/C26H41NO.C7H8N2O/c1-2-3-4-5-6-7-8-9-10-11-12-13-14-15-16-17-21-24-26(28)27-25-22-19-18-20-23-25;1-8-7(10)6-3-2-4-9-5-6/h3-4,6-7,9-10,12-13,15-16,25H,2,5,8,11,14,17-24H2,1H3,(H,27,28);2-5H,1H3,(H,8,10)/b4-3-,7-6-,10-9-,13-12-,16-15-;. The second-order valence-corrected chi connectivity index (χ2v) is 9.32. The summed E-state index contributed by atoms with van der Waals surface area (Å²) in [5.74, 6) is 0.132. The first kappa shape index (κ1) is 32.8. The van der Waals surface area contributed by atoms with Crippen LogP contribution in [0.4, 0.5) is 0 Å². The number of amides is 2. The van der Waals surface area contributed by atoms with Gasteiger partial charge in [0.25, 0.3) is 5.91 Å². The summed E-state index contributed by atoms with van der Waals surface area (Å²) >= 11 is 0. The van der Waals surface area contributed by atoms with Gasteiger partial charge in [0.2, 0.25) is 5.91 Å². The minimum absolute atomic E-state index is 0.104. The molecular formula is C33H49N3O2. The van der Waals surface area contributed by atoms with Gasteiger partial charge in [-0.3, -0.25) is 14.6 Å². The lowest BCUT2D eigenvalue weighted by molar-refractivity contribution is -0.122. The first-order valence-corrected chi connectivity index (χ1v) is 14.3. The van der Waals surface area contributed by atoms with Crippen molar-refractivity contribution in [2.45, 2.75) is 96.4 Å². The molecule has 208 valence electrons. The molecule has 1 fully saturated rings. The minimum Gasteiger partial charge on any atom is -0.355 e. The molecule has 1 heterocycles. The molecule has 1 saturated carbocycles. The smallest absolute Gasteiger partial charge is 0.252 e. The highest BCUT2D eigenvalue weighted by Crippen LogP contribution is 2.17. The Morgan fingerprint density at radius 2 is 1.45 bits per heavy atom. The average Bonchev–Trinajstić information content (AvgIpc) is 2.95. The molecule has 0 radical (unpaired) electrons.